The topological polar surface area (TPSA) is 71.0 Å². The lowest BCUT2D eigenvalue weighted by atomic mass is 9.80. The number of benzene rings is 1. The number of ketones is 1. The number of fused-ring (bicyclic) bond motifs is 1. The van der Waals surface area contributed by atoms with Crippen LogP contribution in [0.5, 0.6) is 0 Å². The molecule has 3 aliphatic rings. The van der Waals surface area contributed by atoms with E-state index in [1.54, 1.807) is 0 Å². The van der Waals surface area contributed by atoms with Gasteiger partial charge in [0.05, 0.1) is 0 Å². The first kappa shape index (κ1) is 25.6. The molecule has 1 amide bonds. The highest BCUT2D eigenvalue weighted by molar-refractivity contribution is 5.98. The molecule has 0 radical (unpaired) electrons. The maximum absolute atomic E-state index is 12.3. The molecule has 1 saturated carbocycles. The van der Waals surface area contributed by atoms with Gasteiger partial charge in [0.15, 0.2) is 5.78 Å². The lowest BCUT2D eigenvalue weighted by molar-refractivity contribution is -0.121. The van der Waals surface area contributed by atoms with Crippen LogP contribution >= 0.6 is 0 Å². The van der Waals surface area contributed by atoms with Gasteiger partial charge in [-0.05, 0) is 63.0 Å². The van der Waals surface area contributed by atoms with Gasteiger partial charge < -0.3 is 15.0 Å². The average Bonchev–Trinajstić information content (AvgIpc) is 2.82. The molecule has 35 heavy (non-hydrogen) atoms. The molecule has 6 nitrogen and oxygen atoms in total. The van der Waals surface area contributed by atoms with Crippen molar-refractivity contribution in [3.8, 4) is 0 Å². The lowest BCUT2D eigenvalue weighted by Crippen LogP contribution is -2.48. The molecule has 0 bridgehead atoms. The first-order valence-corrected chi connectivity index (χ1v) is 13.6. The van der Waals surface area contributed by atoms with Crippen molar-refractivity contribution < 1.29 is 14.3 Å². The Bertz CT molecular complexity index is 946. The second-order valence-corrected chi connectivity index (χ2v) is 10.3. The number of aliphatic imine (C=N–C) groups is 1. The summed E-state index contributed by atoms with van der Waals surface area (Å²) >= 11 is 0. The van der Waals surface area contributed by atoms with Gasteiger partial charge in [-0.3, -0.25) is 9.59 Å². The van der Waals surface area contributed by atoms with Crippen molar-refractivity contribution in [2.75, 3.05) is 19.7 Å². The van der Waals surface area contributed by atoms with Gasteiger partial charge in [0.1, 0.15) is 11.9 Å². The van der Waals surface area contributed by atoms with Crippen molar-refractivity contribution in [1.82, 2.24) is 10.2 Å². The van der Waals surface area contributed by atoms with Crippen molar-refractivity contribution in [1.29, 1.82) is 0 Å². The Labute approximate surface area is 210 Å². The normalized spacial score (nSPS) is 20.2. The molecule has 1 aliphatic carbocycles. The van der Waals surface area contributed by atoms with E-state index in [9.17, 15) is 9.59 Å². The number of Topliss-reactive ketones (excluding diaryl/α,β-unsaturated/α-hetero) is 1. The molecule has 1 aromatic carbocycles. The van der Waals surface area contributed by atoms with Gasteiger partial charge in [0.25, 0.3) is 0 Å². The molecule has 1 saturated heterocycles. The summed E-state index contributed by atoms with van der Waals surface area (Å²) in [5, 5.41) is 2.99. The quantitative estimate of drug-likeness (QED) is 0.321. The Hall–Kier alpha value is -2.47. The van der Waals surface area contributed by atoms with Crippen molar-refractivity contribution in [3.63, 3.8) is 0 Å². The number of amidine groups is 1. The van der Waals surface area contributed by atoms with Crippen LogP contribution in [0.2, 0.25) is 0 Å². The van der Waals surface area contributed by atoms with E-state index in [0.717, 1.165) is 87.8 Å². The van der Waals surface area contributed by atoms with Gasteiger partial charge in [-0.2, -0.15) is 0 Å². The van der Waals surface area contributed by atoms with Gasteiger partial charge in [0, 0.05) is 49.8 Å². The predicted molar refractivity (Wildman–Crippen MR) is 139 cm³/mol. The summed E-state index contributed by atoms with van der Waals surface area (Å²) < 4.78 is 6.21. The van der Waals surface area contributed by atoms with Crippen LogP contribution in [0.25, 0.3) is 0 Å². The number of piperidine rings is 1. The van der Waals surface area contributed by atoms with Crippen molar-refractivity contribution in [3.05, 3.63) is 46.7 Å². The van der Waals surface area contributed by atoms with E-state index >= 15 is 0 Å². The van der Waals surface area contributed by atoms with E-state index in [2.05, 4.69) is 24.1 Å². The van der Waals surface area contributed by atoms with Crippen molar-refractivity contribution in [2.45, 2.75) is 90.7 Å². The first-order chi connectivity index (χ1) is 17.0. The molecular formula is C29H41N3O3. The third-order valence-corrected chi connectivity index (χ3v) is 7.56. The summed E-state index contributed by atoms with van der Waals surface area (Å²) in [7, 11) is 0. The molecule has 1 aromatic rings. The third kappa shape index (κ3) is 6.81. The Morgan fingerprint density at radius 2 is 1.91 bits per heavy atom. The molecule has 4 rings (SSSR count). The number of ether oxygens (including phenoxy) is 1. The average molecular weight is 480 g/mol. The Kier molecular flexibility index (Phi) is 9.13. The molecule has 0 aromatic heterocycles. The highest BCUT2D eigenvalue weighted by atomic mass is 16.5. The maximum atomic E-state index is 12.3. The third-order valence-electron chi connectivity index (χ3n) is 7.56. The zero-order valence-electron chi connectivity index (χ0n) is 21.5. The summed E-state index contributed by atoms with van der Waals surface area (Å²) in [5.41, 5.74) is 4.44. The minimum absolute atomic E-state index is 0.0596. The maximum Gasteiger partial charge on any atom is 0.220 e. The Morgan fingerprint density at radius 3 is 2.63 bits per heavy atom. The Morgan fingerprint density at radius 1 is 1.11 bits per heavy atom. The van der Waals surface area contributed by atoms with Gasteiger partial charge in [-0.1, -0.05) is 44.0 Å². The number of rotatable bonds is 12. The van der Waals surface area contributed by atoms with Crippen LogP contribution in [-0.4, -0.2) is 48.2 Å². The van der Waals surface area contributed by atoms with E-state index in [4.69, 9.17) is 9.73 Å². The van der Waals surface area contributed by atoms with Crippen LogP contribution < -0.4 is 5.32 Å². The monoisotopic (exact) mass is 479 g/mol. The summed E-state index contributed by atoms with van der Waals surface area (Å²) in [6.45, 7) is 7.57. The van der Waals surface area contributed by atoms with E-state index in [-0.39, 0.29) is 23.7 Å². The van der Waals surface area contributed by atoms with Gasteiger partial charge in [0.2, 0.25) is 5.91 Å². The fraction of sp³-hybridized carbons (Fsp3) is 0.621. The molecule has 1 unspecified atom stereocenters. The number of hydrogen-bond acceptors (Lipinski definition) is 5. The largest absolute Gasteiger partial charge is 0.370 e. The minimum atomic E-state index is 0.0596. The second kappa shape index (κ2) is 12.5. The standard InChI is InChI=1S/C29H41N3O3/c1-3-8-25-20-32-17-7-11-26(29(32)31-21(25)2)35-18-5-4-12-27(33)30-19-22-13-15-24(16-14-22)28(34)23-9-6-10-23/h13-16,23,26H,3-12,17-20H2,1-2H3,(H,30,33). The Balaban J connectivity index is 1.13. The highest BCUT2D eigenvalue weighted by Crippen LogP contribution is 2.30. The number of nitrogens with zero attached hydrogens (tertiary/aromatic N) is 2. The smallest absolute Gasteiger partial charge is 0.220 e. The molecule has 0 spiro atoms. The lowest BCUT2D eigenvalue weighted by Gasteiger charge is -2.39. The number of nitrogens with one attached hydrogen (secondary N) is 1. The number of carbonyl (C=O) groups excluding carboxylic acids is 2. The van der Waals surface area contributed by atoms with E-state index < -0.39 is 0 Å². The molecule has 2 heterocycles. The zero-order valence-corrected chi connectivity index (χ0v) is 21.5. The van der Waals surface area contributed by atoms with Crippen LogP contribution in [-0.2, 0) is 16.1 Å². The van der Waals surface area contributed by atoms with Gasteiger partial charge >= 0.3 is 0 Å². The molecule has 1 N–H and O–H groups in total. The van der Waals surface area contributed by atoms with Crippen molar-refractivity contribution >= 4 is 17.5 Å². The number of hydrogen-bond donors (Lipinski definition) is 1. The predicted octanol–water partition coefficient (Wildman–Crippen LogP) is 5.42. The van der Waals surface area contributed by atoms with Crippen LogP contribution in [0.15, 0.2) is 40.5 Å². The molecule has 2 aliphatic heterocycles. The molecule has 6 heteroatoms. The fourth-order valence-electron chi connectivity index (χ4n) is 5.13. The number of allylic oxidation sites excluding steroid dienone is 1. The molecule has 1 atom stereocenters. The van der Waals surface area contributed by atoms with Gasteiger partial charge in [-0.15, -0.1) is 0 Å². The van der Waals surface area contributed by atoms with Crippen LogP contribution in [0.3, 0.4) is 0 Å². The second-order valence-electron chi connectivity index (χ2n) is 10.3. The van der Waals surface area contributed by atoms with Gasteiger partial charge in [-0.25, -0.2) is 4.99 Å². The van der Waals surface area contributed by atoms with Crippen LogP contribution in [0.4, 0.5) is 0 Å². The molecule has 2 fully saturated rings. The van der Waals surface area contributed by atoms with E-state index in [1.807, 2.05) is 24.3 Å². The number of carbonyl (C=O) groups is 2. The van der Waals surface area contributed by atoms with Crippen molar-refractivity contribution in [2.24, 2.45) is 10.9 Å². The fourth-order valence-corrected chi connectivity index (χ4v) is 5.13. The van der Waals surface area contributed by atoms with E-state index in [0.29, 0.717) is 19.6 Å². The summed E-state index contributed by atoms with van der Waals surface area (Å²) in [6, 6.07) is 7.68. The highest BCUT2D eigenvalue weighted by Gasteiger charge is 2.30. The van der Waals surface area contributed by atoms with Crippen LogP contribution in [0.1, 0.15) is 94.0 Å². The minimum Gasteiger partial charge on any atom is -0.370 e. The number of amides is 1. The van der Waals surface area contributed by atoms with Crippen LogP contribution in [0, 0.1) is 5.92 Å². The molecular weight excluding hydrogens is 438 g/mol. The van der Waals surface area contributed by atoms with E-state index in [1.165, 1.54) is 11.3 Å². The molecule has 190 valence electrons. The zero-order chi connectivity index (χ0) is 24.6. The summed E-state index contributed by atoms with van der Waals surface area (Å²) in [4.78, 5) is 31.9. The SMILES string of the molecule is CCCC1=C(C)N=C2C(OCCCCC(=O)NCc3ccc(C(=O)C4CCC4)cc3)CCCN2C1. The number of unbranched alkanes of at least 4 members (excludes halogenated alkanes) is 1. The first-order valence-electron chi connectivity index (χ1n) is 13.6. The summed E-state index contributed by atoms with van der Waals surface area (Å²) in [5.74, 6) is 1.64. The summed E-state index contributed by atoms with van der Waals surface area (Å²) in [6.07, 6.45) is 9.91.